The van der Waals surface area contributed by atoms with Crippen LogP contribution in [0.25, 0.3) is 0 Å². The van der Waals surface area contributed by atoms with Gasteiger partial charge in [0.25, 0.3) is 0 Å². The van der Waals surface area contributed by atoms with Gasteiger partial charge in [0, 0.05) is 19.6 Å². The first-order valence-corrected chi connectivity index (χ1v) is 8.24. The smallest absolute Gasteiger partial charge is 0.243 e. The van der Waals surface area contributed by atoms with E-state index in [9.17, 15) is 8.42 Å². The molecule has 2 saturated heterocycles. The lowest BCUT2D eigenvalue weighted by molar-refractivity contribution is 0.338. The van der Waals surface area contributed by atoms with Crippen LogP contribution in [-0.2, 0) is 10.0 Å². The summed E-state index contributed by atoms with van der Waals surface area (Å²) in [6, 6.07) is 7.14. The number of benzene rings is 1. The number of nitrogens with zero attached hydrogens (tertiary/aromatic N) is 1. The summed E-state index contributed by atoms with van der Waals surface area (Å²) in [6.45, 7) is 5.24. The molecule has 1 aromatic carbocycles. The zero-order chi connectivity index (χ0) is 13.5. The first-order chi connectivity index (χ1) is 9.02. The molecule has 1 aromatic rings. The van der Waals surface area contributed by atoms with Gasteiger partial charge in [-0.25, -0.2) is 8.42 Å². The third-order valence-corrected chi connectivity index (χ3v) is 6.25. The molecule has 2 heterocycles. The summed E-state index contributed by atoms with van der Waals surface area (Å²) in [5.41, 5.74) is 1.26. The van der Waals surface area contributed by atoms with Gasteiger partial charge in [-0.3, -0.25) is 0 Å². The molecule has 2 fully saturated rings. The van der Waals surface area contributed by atoms with Crippen molar-refractivity contribution in [1.82, 2.24) is 9.62 Å². The third kappa shape index (κ3) is 2.72. The average molecular weight is 317 g/mol. The minimum atomic E-state index is -3.31. The quantitative estimate of drug-likeness (QED) is 0.905. The molecule has 1 N–H and O–H groups in total. The Bertz CT molecular complexity index is 565. The Balaban J connectivity index is 0.00000147. The van der Waals surface area contributed by atoms with Crippen LogP contribution in [0.4, 0.5) is 0 Å². The SMILES string of the molecule is Cc1ccc(S(=O)(=O)N2CCC3(CCNC3)C2)cc1.Cl. The molecular weight excluding hydrogens is 296 g/mol. The maximum Gasteiger partial charge on any atom is 0.243 e. The van der Waals surface area contributed by atoms with E-state index in [1.165, 1.54) is 0 Å². The van der Waals surface area contributed by atoms with E-state index >= 15 is 0 Å². The molecule has 2 aliphatic rings. The van der Waals surface area contributed by atoms with Crippen LogP contribution >= 0.6 is 12.4 Å². The zero-order valence-electron chi connectivity index (χ0n) is 11.6. The summed E-state index contributed by atoms with van der Waals surface area (Å²) in [4.78, 5) is 0.418. The van der Waals surface area contributed by atoms with Crippen molar-refractivity contribution in [2.45, 2.75) is 24.7 Å². The molecule has 0 bridgehead atoms. The van der Waals surface area contributed by atoms with Gasteiger partial charge in [0.15, 0.2) is 0 Å². The molecule has 1 spiro atoms. The van der Waals surface area contributed by atoms with Crippen molar-refractivity contribution < 1.29 is 8.42 Å². The summed E-state index contributed by atoms with van der Waals surface area (Å²) in [7, 11) is -3.31. The Hall–Kier alpha value is -0.620. The van der Waals surface area contributed by atoms with Crippen molar-refractivity contribution in [3.63, 3.8) is 0 Å². The highest BCUT2D eigenvalue weighted by atomic mass is 35.5. The predicted octanol–water partition coefficient (Wildman–Crippen LogP) is 1.79. The predicted molar refractivity (Wildman–Crippen MR) is 81.7 cm³/mol. The zero-order valence-corrected chi connectivity index (χ0v) is 13.3. The number of sulfonamides is 1. The van der Waals surface area contributed by atoms with Crippen molar-refractivity contribution in [1.29, 1.82) is 0 Å². The maximum atomic E-state index is 12.6. The van der Waals surface area contributed by atoms with Crippen LogP contribution in [-0.4, -0.2) is 38.9 Å². The lowest BCUT2D eigenvalue weighted by Gasteiger charge is -2.22. The molecule has 0 saturated carbocycles. The largest absolute Gasteiger partial charge is 0.316 e. The number of nitrogens with one attached hydrogen (secondary N) is 1. The lowest BCUT2D eigenvalue weighted by Crippen LogP contribution is -2.33. The van der Waals surface area contributed by atoms with Crippen molar-refractivity contribution in [2.75, 3.05) is 26.2 Å². The summed E-state index contributed by atoms with van der Waals surface area (Å²) < 4.78 is 26.8. The third-order valence-electron chi connectivity index (χ3n) is 4.39. The summed E-state index contributed by atoms with van der Waals surface area (Å²) in [6.07, 6.45) is 2.07. The lowest BCUT2D eigenvalue weighted by atomic mass is 9.87. The van der Waals surface area contributed by atoms with Crippen molar-refractivity contribution in [3.8, 4) is 0 Å². The van der Waals surface area contributed by atoms with Gasteiger partial charge in [-0.05, 0) is 43.9 Å². The van der Waals surface area contributed by atoms with Crippen LogP contribution < -0.4 is 5.32 Å². The number of aryl methyl sites for hydroxylation is 1. The molecule has 0 aliphatic carbocycles. The Morgan fingerprint density at radius 2 is 1.90 bits per heavy atom. The Kier molecular flexibility index (Phi) is 4.44. The standard InChI is InChI=1S/C14H20N2O2S.ClH/c1-12-2-4-13(5-3-12)19(17,18)16-9-7-14(11-16)6-8-15-10-14;/h2-5,15H,6-11H2,1H3;1H. The van der Waals surface area contributed by atoms with E-state index in [0.717, 1.165) is 31.5 Å². The molecule has 1 unspecified atom stereocenters. The highest BCUT2D eigenvalue weighted by Gasteiger charge is 2.44. The van der Waals surface area contributed by atoms with Gasteiger partial charge in [-0.2, -0.15) is 4.31 Å². The van der Waals surface area contributed by atoms with E-state index in [1.54, 1.807) is 16.4 Å². The minimum absolute atomic E-state index is 0. The van der Waals surface area contributed by atoms with Crippen LogP contribution in [0.5, 0.6) is 0 Å². The molecule has 20 heavy (non-hydrogen) atoms. The van der Waals surface area contributed by atoms with E-state index < -0.39 is 10.0 Å². The topological polar surface area (TPSA) is 49.4 Å². The Morgan fingerprint density at radius 3 is 2.50 bits per heavy atom. The molecule has 4 nitrogen and oxygen atoms in total. The van der Waals surface area contributed by atoms with Gasteiger partial charge in [0.1, 0.15) is 0 Å². The number of hydrogen-bond donors (Lipinski definition) is 1. The fraction of sp³-hybridized carbons (Fsp3) is 0.571. The minimum Gasteiger partial charge on any atom is -0.316 e. The van der Waals surface area contributed by atoms with Gasteiger partial charge in [-0.1, -0.05) is 17.7 Å². The average Bonchev–Trinajstić information content (AvgIpc) is 3.01. The van der Waals surface area contributed by atoms with Gasteiger partial charge < -0.3 is 5.32 Å². The van der Waals surface area contributed by atoms with E-state index in [1.807, 2.05) is 19.1 Å². The van der Waals surface area contributed by atoms with Crippen LogP contribution in [0.15, 0.2) is 29.2 Å². The summed E-state index contributed by atoms with van der Waals surface area (Å²) in [5.74, 6) is 0. The number of halogens is 1. The summed E-state index contributed by atoms with van der Waals surface area (Å²) in [5, 5.41) is 3.35. The molecule has 0 aromatic heterocycles. The van der Waals surface area contributed by atoms with Gasteiger partial charge >= 0.3 is 0 Å². The second-order valence-corrected chi connectivity index (χ2v) is 7.77. The fourth-order valence-electron chi connectivity index (χ4n) is 3.10. The first-order valence-electron chi connectivity index (χ1n) is 6.80. The van der Waals surface area contributed by atoms with E-state index in [4.69, 9.17) is 0 Å². The molecule has 0 radical (unpaired) electrons. The van der Waals surface area contributed by atoms with Crippen LogP contribution in [0.2, 0.25) is 0 Å². The van der Waals surface area contributed by atoms with Gasteiger partial charge in [0.05, 0.1) is 4.90 Å². The second-order valence-electron chi connectivity index (χ2n) is 5.83. The van der Waals surface area contributed by atoms with Gasteiger partial charge in [-0.15, -0.1) is 12.4 Å². The highest BCUT2D eigenvalue weighted by molar-refractivity contribution is 7.89. The van der Waals surface area contributed by atoms with Crippen molar-refractivity contribution in [3.05, 3.63) is 29.8 Å². The Morgan fingerprint density at radius 1 is 1.20 bits per heavy atom. The van der Waals surface area contributed by atoms with E-state index in [0.29, 0.717) is 18.0 Å². The molecule has 3 rings (SSSR count). The molecule has 6 heteroatoms. The van der Waals surface area contributed by atoms with Crippen LogP contribution in [0.1, 0.15) is 18.4 Å². The van der Waals surface area contributed by atoms with E-state index in [-0.39, 0.29) is 17.8 Å². The molecule has 1 atom stereocenters. The molecule has 2 aliphatic heterocycles. The van der Waals surface area contributed by atoms with Crippen LogP contribution in [0, 0.1) is 12.3 Å². The second kappa shape index (κ2) is 5.64. The molecule has 112 valence electrons. The normalized spacial score (nSPS) is 26.9. The highest BCUT2D eigenvalue weighted by Crippen LogP contribution is 2.38. The number of rotatable bonds is 2. The maximum absolute atomic E-state index is 12.6. The summed E-state index contributed by atoms with van der Waals surface area (Å²) >= 11 is 0. The first kappa shape index (κ1) is 15.8. The van der Waals surface area contributed by atoms with E-state index in [2.05, 4.69) is 5.32 Å². The monoisotopic (exact) mass is 316 g/mol. The van der Waals surface area contributed by atoms with Crippen LogP contribution in [0.3, 0.4) is 0 Å². The molecular formula is C14H21ClN2O2S. The van der Waals surface area contributed by atoms with Crippen molar-refractivity contribution in [2.24, 2.45) is 5.41 Å². The number of hydrogen-bond acceptors (Lipinski definition) is 3. The van der Waals surface area contributed by atoms with Crippen molar-refractivity contribution >= 4 is 22.4 Å². The fourth-order valence-corrected chi connectivity index (χ4v) is 4.66. The molecule has 0 amide bonds. The Labute approximate surface area is 127 Å². The van der Waals surface area contributed by atoms with Gasteiger partial charge in [0.2, 0.25) is 10.0 Å².